The largest absolute Gasteiger partial charge is 0.493 e. The highest BCUT2D eigenvalue weighted by molar-refractivity contribution is 7.03. The van der Waals surface area contributed by atoms with Crippen LogP contribution in [0.25, 0.3) is 0 Å². The van der Waals surface area contributed by atoms with Crippen LogP contribution in [-0.2, 0) is 0 Å². The summed E-state index contributed by atoms with van der Waals surface area (Å²) in [6.45, 7) is 1.33. The Labute approximate surface area is 133 Å². The maximum atomic E-state index is 12.4. The molecule has 0 unspecified atom stereocenters. The number of ether oxygens (including phenoxy) is 2. The Morgan fingerprint density at radius 3 is 2.86 bits per heavy atom. The fourth-order valence-corrected chi connectivity index (χ4v) is 3.10. The molecular formula is C16H18N2O3S. The van der Waals surface area contributed by atoms with Gasteiger partial charge in [0.1, 0.15) is 11.8 Å². The zero-order valence-corrected chi connectivity index (χ0v) is 13.2. The fourth-order valence-electron chi connectivity index (χ4n) is 2.60. The molecule has 1 aliphatic rings. The van der Waals surface area contributed by atoms with Crippen LogP contribution in [0.2, 0.25) is 0 Å². The van der Waals surface area contributed by atoms with Crippen molar-refractivity contribution < 1.29 is 14.3 Å². The van der Waals surface area contributed by atoms with Crippen LogP contribution in [0, 0.1) is 0 Å². The molecule has 0 radical (unpaired) electrons. The second-order valence-electron chi connectivity index (χ2n) is 5.17. The first-order chi connectivity index (χ1) is 10.8. The number of likely N-dealkylation sites (tertiary alicyclic amines) is 1. The fraction of sp³-hybridized carbons (Fsp3) is 0.375. The highest BCUT2D eigenvalue weighted by atomic mass is 32.1. The first-order valence-corrected chi connectivity index (χ1v) is 8.11. The van der Waals surface area contributed by atoms with Crippen LogP contribution in [-0.4, -0.2) is 41.5 Å². The summed E-state index contributed by atoms with van der Waals surface area (Å²) in [4.78, 5) is 14.2. The van der Waals surface area contributed by atoms with E-state index in [1.807, 2.05) is 34.5 Å². The number of hydrogen-bond donors (Lipinski definition) is 0. The van der Waals surface area contributed by atoms with Crippen molar-refractivity contribution in [2.24, 2.45) is 0 Å². The quantitative estimate of drug-likeness (QED) is 0.870. The summed E-state index contributed by atoms with van der Waals surface area (Å²) < 4.78 is 15.5. The molecule has 1 aromatic heterocycles. The van der Waals surface area contributed by atoms with Crippen molar-refractivity contribution in [2.45, 2.75) is 18.9 Å². The van der Waals surface area contributed by atoms with Crippen molar-refractivity contribution >= 4 is 17.4 Å². The van der Waals surface area contributed by atoms with E-state index in [2.05, 4.69) is 4.37 Å². The van der Waals surface area contributed by atoms with E-state index < -0.39 is 0 Å². The molecule has 1 aliphatic heterocycles. The van der Waals surface area contributed by atoms with Gasteiger partial charge in [-0.25, -0.2) is 0 Å². The lowest BCUT2D eigenvalue weighted by Gasteiger charge is -2.32. The van der Waals surface area contributed by atoms with Crippen LogP contribution in [0.4, 0.5) is 0 Å². The SMILES string of the molecule is COc1ccccc1O[C@H]1CCCN(C(=O)c2ccsn2)C1. The van der Waals surface area contributed by atoms with Crippen molar-refractivity contribution in [1.29, 1.82) is 0 Å². The molecule has 1 atom stereocenters. The smallest absolute Gasteiger partial charge is 0.273 e. The van der Waals surface area contributed by atoms with Gasteiger partial charge < -0.3 is 14.4 Å². The minimum absolute atomic E-state index is 0.0189. The second kappa shape index (κ2) is 6.79. The molecule has 1 fully saturated rings. The van der Waals surface area contributed by atoms with Crippen LogP contribution in [0.15, 0.2) is 35.7 Å². The van der Waals surface area contributed by atoms with E-state index in [0.29, 0.717) is 18.0 Å². The molecule has 1 saturated heterocycles. The predicted molar refractivity (Wildman–Crippen MR) is 84.7 cm³/mol. The van der Waals surface area contributed by atoms with Gasteiger partial charge in [0, 0.05) is 11.9 Å². The highest BCUT2D eigenvalue weighted by Gasteiger charge is 2.27. The summed E-state index contributed by atoms with van der Waals surface area (Å²) in [6, 6.07) is 9.34. The van der Waals surface area contributed by atoms with E-state index in [9.17, 15) is 4.79 Å². The van der Waals surface area contributed by atoms with Crippen molar-refractivity contribution in [3.8, 4) is 11.5 Å². The molecule has 1 aromatic carbocycles. The van der Waals surface area contributed by atoms with Gasteiger partial charge in [-0.1, -0.05) is 12.1 Å². The predicted octanol–water partition coefficient (Wildman–Crippen LogP) is 2.84. The number of nitrogens with zero attached hydrogens (tertiary/aromatic N) is 2. The van der Waals surface area contributed by atoms with Crippen LogP contribution in [0.5, 0.6) is 11.5 Å². The normalized spacial score (nSPS) is 18.0. The lowest BCUT2D eigenvalue weighted by atomic mass is 10.1. The molecular weight excluding hydrogens is 300 g/mol. The van der Waals surface area contributed by atoms with E-state index in [-0.39, 0.29) is 12.0 Å². The van der Waals surface area contributed by atoms with Gasteiger partial charge in [-0.05, 0) is 42.6 Å². The number of carbonyl (C=O) groups excluding carboxylic acids is 1. The topological polar surface area (TPSA) is 51.7 Å². The van der Waals surface area contributed by atoms with E-state index in [1.165, 1.54) is 11.5 Å². The number of carbonyl (C=O) groups is 1. The molecule has 116 valence electrons. The molecule has 22 heavy (non-hydrogen) atoms. The van der Waals surface area contributed by atoms with E-state index >= 15 is 0 Å². The van der Waals surface area contributed by atoms with Gasteiger partial charge in [0.25, 0.3) is 5.91 Å². The average molecular weight is 318 g/mol. The lowest BCUT2D eigenvalue weighted by molar-refractivity contribution is 0.0528. The summed E-state index contributed by atoms with van der Waals surface area (Å²) >= 11 is 1.29. The minimum atomic E-state index is -0.0207. The van der Waals surface area contributed by atoms with Crippen molar-refractivity contribution in [3.63, 3.8) is 0 Å². The number of hydrogen-bond acceptors (Lipinski definition) is 5. The van der Waals surface area contributed by atoms with E-state index in [4.69, 9.17) is 9.47 Å². The van der Waals surface area contributed by atoms with E-state index in [0.717, 1.165) is 25.1 Å². The molecule has 0 bridgehead atoms. The average Bonchev–Trinajstić information content (AvgIpc) is 3.09. The molecule has 3 rings (SSSR count). The third-order valence-electron chi connectivity index (χ3n) is 3.69. The Bertz CT molecular complexity index is 630. The van der Waals surface area contributed by atoms with Gasteiger partial charge in [0.2, 0.25) is 0 Å². The van der Waals surface area contributed by atoms with Gasteiger partial charge >= 0.3 is 0 Å². The van der Waals surface area contributed by atoms with Crippen LogP contribution >= 0.6 is 11.5 Å². The maximum absolute atomic E-state index is 12.4. The minimum Gasteiger partial charge on any atom is -0.493 e. The number of benzene rings is 1. The first kappa shape index (κ1) is 14.8. The van der Waals surface area contributed by atoms with Crippen LogP contribution in [0.3, 0.4) is 0 Å². The Balaban J connectivity index is 1.67. The number of aromatic nitrogens is 1. The standard InChI is InChI=1S/C16H18N2O3S/c1-20-14-6-2-3-7-15(14)21-12-5-4-9-18(11-12)16(19)13-8-10-22-17-13/h2-3,6-8,10,12H,4-5,9,11H2,1H3/t12-/m0/s1. The first-order valence-electron chi connectivity index (χ1n) is 7.27. The summed E-state index contributed by atoms with van der Waals surface area (Å²) in [5, 5.41) is 1.82. The Kier molecular flexibility index (Phi) is 4.58. The summed E-state index contributed by atoms with van der Waals surface area (Å²) in [5.74, 6) is 1.41. The van der Waals surface area contributed by atoms with Crippen LogP contribution in [0.1, 0.15) is 23.3 Å². The summed E-state index contributed by atoms with van der Waals surface area (Å²) in [5.41, 5.74) is 0.517. The summed E-state index contributed by atoms with van der Waals surface area (Å²) in [7, 11) is 1.63. The number of para-hydroxylation sites is 2. The van der Waals surface area contributed by atoms with Gasteiger partial charge in [-0.2, -0.15) is 4.37 Å². The lowest BCUT2D eigenvalue weighted by Crippen LogP contribution is -2.44. The monoisotopic (exact) mass is 318 g/mol. The molecule has 0 N–H and O–H groups in total. The van der Waals surface area contributed by atoms with Gasteiger partial charge in [-0.15, -0.1) is 0 Å². The zero-order chi connectivity index (χ0) is 15.4. The molecule has 6 heteroatoms. The molecule has 5 nitrogen and oxygen atoms in total. The van der Waals surface area contributed by atoms with Gasteiger partial charge in [-0.3, -0.25) is 4.79 Å². The Morgan fingerprint density at radius 1 is 1.32 bits per heavy atom. The van der Waals surface area contributed by atoms with Gasteiger partial charge in [0.15, 0.2) is 11.5 Å². The number of methoxy groups -OCH3 is 1. The highest BCUT2D eigenvalue weighted by Crippen LogP contribution is 2.28. The molecule has 0 saturated carbocycles. The molecule has 0 aliphatic carbocycles. The second-order valence-corrected chi connectivity index (χ2v) is 5.83. The molecule has 0 spiro atoms. The zero-order valence-electron chi connectivity index (χ0n) is 12.4. The number of rotatable bonds is 4. The molecule has 2 heterocycles. The van der Waals surface area contributed by atoms with Crippen molar-refractivity contribution in [2.75, 3.05) is 20.2 Å². The van der Waals surface area contributed by atoms with Crippen LogP contribution < -0.4 is 9.47 Å². The third-order valence-corrected chi connectivity index (χ3v) is 4.24. The summed E-state index contributed by atoms with van der Waals surface area (Å²) in [6.07, 6.45) is 1.84. The molecule has 1 amide bonds. The number of piperidine rings is 1. The third kappa shape index (κ3) is 3.22. The van der Waals surface area contributed by atoms with Crippen molar-refractivity contribution in [1.82, 2.24) is 9.27 Å². The maximum Gasteiger partial charge on any atom is 0.273 e. The molecule has 2 aromatic rings. The Morgan fingerprint density at radius 2 is 2.14 bits per heavy atom. The Hall–Kier alpha value is -2.08. The van der Waals surface area contributed by atoms with Crippen molar-refractivity contribution in [3.05, 3.63) is 41.4 Å². The van der Waals surface area contributed by atoms with E-state index in [1.54, 1.807) is 13.2 Å². The van der Waals surface area contributed by atoms with Gasteiger partial charge in [0.05, 0.1) is 13.7 Å². The number of amides is 1.